The standard InChI is InChI=1S/C12H23NO2/c1-9-5-10(7-12(2,3)6-9)13-8-11(14)15-4/h9-10,13H,5-8H2,1-4H3. The van der Waals surface area contributed by atoms with Crippen LogP contribution in [-0.2, 0) is 9.53 Å². The summed E-state index contributed by atoms with van der Waals surface area (Å²) in [6, 6.07) is 0.461. The molecule has 15 heavy (non-hydrogen) atoms. The van der Waals surface area contributed by atoms with E-state index in [1.165, 1.54) is 20.0 Å². The van der Waals surface area contributed by atoms with Gasteiger partial charge < -0.3 is 10.1 Å². The third-order valence-corrected chi connectivity index (χ3v) is 3.15. The first kappa shape index (κ1) is 12.5. The fourth-order valence-electron chi connectivity index (χ4n) is 2.80. The lowest BCUT2D eigenvalue weighted by Crippen LogP contribution is -2.42. The van der Waals surface area contributed by atoms with E-state index in [0.717, 1.165) is 12.3 Å². The van der Waals surface area contributed by atoms with E-state index < -0.39 is 0 Å². The van der Waals surface area contributed by atoms with E-state index in [1.807, 2.05) is 0 Å². The van der Waals surface area contributed by atoms with E-state index in [-0.39, 0.29) is 5.97 Å². The van der Waals surface area contributed by atoms with Crippen LogP contribution >= 0.6 is 0 Å². The molecule has 88 valence electrons. The van der Waals surface area contributed by atoms with Gasteiger partial charge in [0.2, 0.25) is 0 Å². The number of rotatable bonds is 3. The van der Waals surface area contributed by atoms with E-state index in [2.05, 4.69) is 30.8 Å². The molecule has 0 bridgehead atoms. The van der Waals surface area contributed by atoms with Gasteiger partial charge in [0.1, 0.15) is 0 Å². The Morgan fingerprint density at radius 3 is 2.67 bits per heavy atom. The lowest BCUT2D eigenvalue weighted by atomic mass is 9.70. The van der Waals surface area contributed by atoms with Gasteiger partial charge in [0, 0.05) is 6.04 Å². The van der Waals surface area contributed by atoms with Crippen molar-refractivity contribution in [3.05, 3.63) is 0 Å². The summed E-state index contributed by atoms with van der Waals surface area (Å²) in [6.45, 7) is 7.22. The van der Waals surface area contributed by atoms with Crippen LogP contribution in [0.5, 0.6) is 0 Å². The zero-order valence-electron chi connectivity index (χ0n) is 10.3. The van der Waals surface area contributed by atoms with Gasteiger partial charge in [0.25, 0.3) is 0 Å². The van der Waals surface area contributed by atoms with Gasteiger partial charge in [-0.25, -0.2) is 0 Å². The van der Waals surface area contributed by atoms with Crippen LogP contribution in [0.1, 0.15) is 40.0 Å². The van der Waals surface area contributed by atoms with Crippen LogP contribution in [0, 0.1) is 11.3 Å². The number of hydrogen-bond acceptors (Lipinski definition) is 3. The van der Waals surface area contributed by atoms with Gasteiger partial charge in [0.15, 0.2) is 0 Å². The van der Waals surface area contributed by atoms with Gasteiger partial charge in [-0.05, 0) is 30.6 Å². The summed E-state index contributed by atoms with van der Waals surface area (Å²) in [4.78, 5) is 11.0. The molecule has 0 aromatic carbocycles. The van der Waals surface area contributed by atoms with Crippen molar-refractivity contribution in [2.75, 3.05) is 13.7 Å². The second-order valence-electron chi connectivity index (χ2n) is 5.57. The summed E-state index contributed by atoms with van der Waals surface area (Å²) >= 11 is 0. The molecule has 1 N–H and O–H groups in total. The van der Waals surface area contributed by atoms with Gasteiger partial charge in [-0.2, -0.15) is 0 Å². The smallest absolute Gasteiger partial charge is 0.319 e. The Bertz CT molecular complexity index is 226. The number of ether oxygens (including phenoxy) is 1. The van der Waals surface area contributed by atoms with E-state index in [9.17, 15) is 4.79 Å². The zero-order chi connectivity index (χ0) is 11.5. The third kappa shape index (κ3) is 4.20. The van der Waals surface area contributed by atoms with Crippen LogP contribution in [0.15, 0.2) is 0 Å². The molecule has 0 amide bonds. The Labute approximate surface area is 92.6 Å². The van der Waals surface area contributed by atoms with E-state index in [0.29, 0.717) is 18.0 Å². The molecular weight excluding hydrogens is 190 g/mol. The molecule has 0 saturated heterocycles. The highest BCUT2D eigenvalue weighted by Crippen LogP contribution is 2.38. The zero-order valence-corrected chi connectivity index (χ0v) is 10.3. The average Bonchev–Trinajstić information content (AvgIpc) is 2.11. The molecule has 2 unspecified atom stereocenters. The minimum Gasteiger partial charge on any atom is -0.468 e. The quantitative estimate of drug-likeness (QED) is 0.728. The largest absolute Gasteiger partial charge is 0.468 e. The third-order valence-electron chi connectivity index (χ3n) is 3.15. The van der Waals surface area contributed by atoms with Crippen molar-refractivity contribution in [2.45, 2.75) is 46.1 Å². The van der Waals surface area contributed by atoms with Gasteiger partial charge in [-0.15, -0.1) is 0 Å². The van der Waals surface area contributed by atoms with E-state index >= 15 is 0 Å². The van der Waals surface area contributed by atoms with Crippen molar-refractivity contribution in [1.82, 2.24) is 5.32 Å². The van der Waals surface area contributed by atoms with Gasteiger partial charge in [-0.3, -0.25) is 4.79 Å². The predicted octanol–water partition coefficient (Wildman–Crippen LogP) is 1.96. The number of carbonyl (C=O) groups is 1. The summed E-state index contributed by atoms with van der Waals surface area (Å²) in [5.74, 6) is 0.565. The van der Waals surface area contributed by atoms with Crippen LogP contribution in [0.3, 0.4) is 0 Å². The molecule has 0 aromatic rings. The summed E-state index contributed by atoms with van der Waals surface area (Å²) in [5.41, 5.74) is 0.394. The molecule has 1 saturated carbocycles. The average molecular weight is 213 g/mol. The molecule has 1 rings (SSSR count). The Morgan fingerprint density at radius 1 is 1.47 bits per heavy atom. The highest BCUT2D eigenvalue weighted by molar-refractivity contribution is 5.71. The normalized spacial score (nSPS) is 29.9. The minimum atomic E-state index is -0.175. The second kappa shape index (κ2) is 4.97. The fourth-order valence-corrected chi connectivity index (χ4v) is 2.80. The molecule has 3 nitrogen and oxygen atoms in total. The monoisotopic (exact) mass is 213 g/mol. The van der Waals surface area contributed by atoms with Crippen LogP contribution in [0.4, 0.5) is 0 Å². The van der Waals surface area contributed by atoms with Crippen LogP contribution in [-0.4, -0.2) is 25.7 Å². The first-order chi connectivity index (χ1) is 6.93. The van der Waals surface area contributed by atoms with E-state index in [4.69, 9.17) is 0 Å². The molecule has 3 heteroatoms. The van der Waals surface area contributed by atoms with Crippen LogP contribution in [0.2, 0.25) is 0 Å². The molecule has 0 aliphatic heterocycles. The maximum Gasteiger partial charge on any atom is 0.319 e. The maximum atomic E-state index is 11.0. The molecule has 1 fully saturated rings. The van der Waals surface area contributed by atoms with Gasteiger partial charge in [-0.1, -0.05) is 20.8 Å². The number of esters is 1. The van der Waals surface area contributed by atoms with Crippen LogP contribution in [0.25, 0.3) is 0 Å². The predicted molar refractivity (Wildman–Crippen MR) is 60.6 cm³/mol. The molecule has 0 aromatic heterocycles. The lowest BCUT2D eigenvalue weighted by molar-refractivity contribution is -0.139. The molecule has 0 radical (unpaired) electrons. The van der Waals surface area contributed by atoms with Crippen molar-refractivity contribution >= 4 is 5.97 Å². The van der Waals surface area contributed by atoms with Crippen molar-refractivity contribution in [3.63, 3.8) is 0 Å². The summed E-state index contributed by atoms with van der Waals surface area (Å²) < 4.78 is 4.62. The van der Waals surface area contributed by atoms with Gasteiger partial charge >= 0.3 is 5.97 Å². The number of methoxy groups -OCH3 is 1. The first-order valence-electron chi connectivity index (χ1n) is 5.73. The summed E-state index contributed by atoms with van der Waals surface area (Å²) in [5, 5.41) is 3.28. The SMILES string of the molecule is COC(=O)CNC1CC(C)CC(C)(C)C1. The Hall–Kier alpha value is -0.570. The van der Waals surface area contributed by atoms with Crippen molar-refractivity contribution in [2.24, 2.45) is 11.3 Å². The van der Waals surface area contributed by atoms with Crippen LogP contribution < -0.4 is 5.32 Å². The Kier molecular flexibility index (Phi) is 4.14. The van der Waals surface area contributed by atoms with Crippen molar-refractivity contribution < 1.29 is 9.53 Å². The molecular formula is C12H23NO2. The molecule has 0 heterocycles. The highest BCUT2D eigenvalue weighted by atomic mass is 16.5. The number of carbonyl (C=O) groups excluding carboxylic acids is 1. The Morgan fingerprint density at radius 2 is 2.13 bits per heavy atom. The number of nitrogens with one attached hydrogen (secondary N) is 1. The topological polar surface area (TPSA) is 38.3 Å². The van der Waals surface area contributed by atoms with E-state index in [1.54, 1.807) is 0 Å². The van der Waals surface area contributed by atoms with Crippen molar-refractivity contribution in [1.29, 1.82) is 0 Å². The Balaban J connectivity index is 2.38. The highest BCUT2D eigenvalue weighted by Gasteiger charge is 2.31. The summed E-state index contributed by atoms with van der Waals surface area (Å²) in [6.07, 6.45) is 3.60. The summed E-state index contributed by atoms with van der Waals surface area (Å²) in [7, 11) is 1.43. The number of hydrogen-bond donors (Lipinski definition) is 1. The molecule has 1 aliphatic carbocycles. The van der Waals surface area contributed by atoms with Crippen molar-refractivity contribution in [3.8, 4) is 0 Å². The molecule has 0 spiro atoms. The van der Waals surface area contributed by atoms with Gasteiger partial charge in [0.05, 0.1) is 13.7 Å². The molecule has 2 atom stereocenters. The minimum absolute atomic E-state index is 0.175. The fraction of sp³-hybridized carbons (Fsp3) is 0.917. The first-order valence-corrected chi connectivity index (χ1v) is 5.73. The maximum absolute atomic E-state index is 11.0. The lowest BCUT2D eigenvalue weighted by Gasteiger charge is -2.39. The molecule has 1 aliphatic rings. The second-order valence-corrected chi connectivity index (χ2v) is 5.57.